The standard InChI is InChI=1S/C27H23ClN2O5/c1-16-7-10-23(17(2)11-16)30-26(32)22(25(31)29-27(30)33)13-19-8-9-21(34-3)14-24(19)35-15-18-5-4-6-20(28)12-18/h4-14H,15H2,1-3H3,(H,29,31,33)/b22-13+. The van der Waals surface area contributed by atoms with Crippen molar-refractivity contribution in [3.63, 3.8) is 0 Å². The summed E-state index contributed by atoms with van der Waals surface area (Å²) in [4.78, 5) is 39.5. The minimum absolute atomic E-state index is 0.192. The molecule has 0 unspecified atom stereocenters. The van der Waals surface area contributed by atoms with E-state index in [0.717, 1.165) is 21.6 Å². The second-order valence-corrected chi connectivity index (χ2v) is 8.51. The van der Waals surface area contributed by atoms with Gasteiger partial charge in [0.25, 0.3) is 11.8 Å². The Morgan fingerprint density at radius 1 is 1.00 bits per heavy atom. The number of anilines is 1. The number of carbonyl (C=O) groups is 3. The summed E-state index contributed by atoms with van der Waals surface area (Å²) in [6.45, 7) is 3.92. The Hall–Kier alpha value is -4.10. The van der Waals surface area contributed by atoms with E-state index in [-0.39, 0.29) is 12.2 Å². The summed E-state index contributed by atoms with van der Waals surface area (Å²) in [5, 5.41) is 2.84. The molecule has 35 heavy (non-hydrogen) atoms. The maximum atomic E-state index is 13.3. The Labute approximate surface area is 207 Å². The van der Waals surface area contributed by atoms with Gasteiger partial charge in [0.2, 0.25) is 0 Å². The molecular weight excluding hydrogens is 468 g/mol. The number of methoxy groups -OCH3 is 1. The topological polar surface area (TPSA) is 84.9 Å². The molecule has 4 rings (SSSR count). The summed E-state index contributed by atoms with van der Waals surface area (Å²) < 4.78 is 11.3. The first kappa shape index (κ1) is 24.0. The van der Waals surface area contributed by atoms with Crippen LogP contribution in [0, 0.1) is 13.8 Å². The Bertz CT molecular complexity index is 1370. The highest BCUT2D eigenvalue weighted by molar-refractivity contribution is 6.39. The fourth-order valence-electron chi connectivity index (χ4n) is 3.76. The predicted molar refractivity (Wildman–Crippen MR) is 134 cm³/mol. The summed E-state index contributed by atoms with van der Waals surface area (Å²) in [6.07, 6.45) is 1.41. The van der Waals surface area contributed by atoms with E-state index in [2.05, 4.69) is 5.32 Å². The second kappa shape index (κ2) is 10.0. The molecule has 1 aliphatic heterocycles. The molecule has 1 saturated heterocycles. The quantitative estimate of drug-likeness (QED) is 0.378. The molecule has 7 nitrogen and oxygen atoms in total. The predicted octanol–water partition coefficient (Wildman–Crippen LogP) is 5.21. The van der Waals surface area contributed by atoms with E-state index >= 15 is 0 Å². The number of hydrogen-bond acceptors (Lipinski definition) is 5. The molecule has 3 aromatic rings. The lowest BCUT2D eigenvalue weighted by Gasteiger charge is -2.27. The first-order valence-corrected chi connectivity index (χ1v) is 11.2. The third kappa shape index (κ3) is 5.20. The molecule has 0 saturated carbocycles. The molecule has 1 aliphatic rings. The molecule has 1 N–H and O–H groups in total. The number of hydrogen-bond donors (Lipinski definition) is 1. The molecule has 0 atom stereocenters. The van der Waals surface area contributed by atoms with Crippen molar-refractivity contribution in [2.24, 2.45) is 0 Å². The molecule has 3 aromatic carbocycles. The van der Waals surface area contributed by atoms with Gasteiger partial charge < -0.3 is 9.47 Å². The number of nitrogens with zero attached hydrogens (tertiary/aromatic N) is 1. The highest BCUT2D eigenvalue weighted by atomic mass is 35.5. The van der Waals surface area contributed by atoms with Crippen molar-refractivity contribution in [2.45, 2.75) is 20.5 Å². The number of barbiturate groups is 1. The van der Waals surface area contributed by atoms with Gasteiger partial charge in [0.15, 0.2) is 0 Å². The van der Waals surface area contributed by atoms with Crippen LogP contribution in [0.15, 0.2) is 66.2 Å². The normalized spacial score (nSPS) is 14.8. The van der Waals surface area contributed by atoms with Crippen molar-refractivity contribution in [3.05, 3.63) is 93.5 Å². The number of benzene rings is 3. The lowest BCUT2D eigenvalue weighted by Crippen LogP contribution is -2.54. The van der Waals surface area contributed by atoms with Crippen LogP contribution in [0.3, 0.4) is 0 Å². The minimum atomic E-state index is -0.795. The van der Waals surface area contributed by atoms with Crippen molar-refractivity contribution < 1.29 is 23.9 Å². The van der Waals surface area contributed by atoms with Gasteiger partial charge >= 0.3 is 6.03 Å². The van der Waals surface area contributed by atoms with Crippen LogP contribution in [0.2, 0.25) is 5.02 Å². The number of ether oxygens (including phenoxy) is 2. The molecule has 0 aliphatic carbocycles. The lowest BCUT2D eigenvalue weighted by molar-refractivity contribution is -0.122. The van der Waals surface area contributed by atoms with Crippen molar-refractivity contribution in [2.75, 3.05) is 12.0 Å². The molecule has 1 heterocycles. The summed E-state index contributed by atoms with van der Waals surface area (Å²) in [5.74, 6) is -0.563. The van der Waals surface area contributed by atoms with Gasteiger partial charge in [-0.15, -0.1) is 0 Å². The number of urea groups is 1. The van der Waals surface area contributed by atoms with Gasteiger partial charge in [0.1, 0.15) is 23.7 Å². The second-order valence-electron chi connectivity index (χ2n) is 8.07. The number of amides is 4. The van der Waals surface area contributed by atoms with Crippen LogP contribution in [-0.2, 0) is 16.2 Å². The maximum absolute atomic E-state index is 13.3. The first-order chi connectivity index (χ1) is 16.8. The summed E-state index contributed by atoms with van der Waals surface area (Å²) in [7, 11) is 1.53. The number of carbonyl (C=O) groups excluding carboxylic acids is 3. The highest BCUT2D eigenvalue weighted by Crippen LogP contribution is 2.30. The Morgan fingerprint density at radius 3 is 2.51 bits per heavy atom. The minimum Gasteiger partial charge on any atom is -0.497 e. The number of halogens is 1. The zero-order valence-corrected chi connectivity index (χ0v) is 20.2. The van der Waals surface area contributed by atoms with Gasteiger partial charge in [0.05, 0.1) is 12.8 Å². The fraction of sp³-hybridized carbons (Fsp3) is 0.148. The number of imide groups is 2. The van der Waals surface area contributed by atoms with Crippen LogP contribution in [0.25, 0.3) is 6.08 Å². The molecule has 1 fully saturated rings. The number of aryl methyl sites for hydroxylation is 2. The number of rotatable bonds is 6. The van der Waals surface area contributed by atoms with Gasteiger partial charge in [-0.1, -0.05) is 41.4 Å². The molecule has 8 heteroatoms. The van der Waals surface area contributed by atoms with Gasteiger partial charge in [-0.05, 0) is 61.4 Å². The monoisotopic (exact) mass is 490 g/mol. The van der Waals surface area contributed by atoms with Crippen LogP contribution in [0.1, 0.15) is 22.3 Å². The molecule has 0 spiro atoms. The van der Waals surface area contributed by atoms with E-state index in [1.54, 1.807) is 49.4 Å². The molecule has 0 radical (unpaired) electrons. The Morgan fingerprint density at radius 2 is 1.80 bits per heavy atom. The average Bonchev–Trinajstić information content (AvgIpc) is 2.82. The van der Waals surface area contributed by atoms with Gasteiger partial charge in [0, 0.05) is 16.7 Å². The fourth-order valence-corrected chi connectivity index (χ4v) is 3.97. The SMILES string of the molecule is COc1ccc(/C=C2\C(=O)NC(=O)N(c3ccc(C)cc3C)C2=O)c(OCc2cccc(Cl)c2)c1. The van der Waals surface area contributed by atoms with Crippen molar-refractivity contribution >= 4 is 41.2 Å². The first-order valence-electron chi connectivity index (χ1n) is 10.8. The molecule has 0 aromatic heterocycles. The van der Waals surface area contributed by atoms with Crippen LogP contribution >= 0.6 is 11.6 Å². The van der Waals surface area contributed by atoms with Gasteiger partial charge in [-0.3, -0.25) is 14.9 Å². The van der Waals surface area contributed by atoms with Crippen LogP contribution < -0.4 is 19.7 Å². The Kier molecular flexibility index (Phi) is 6.89. The molecule has 0 bridgehead atoms. The summed E-state index contributed by atoms with van der Waals surface area (Å²) in [5.41, 5.74) is 3.25. The van der Waals surface area contributed by atoms with Gasteiger partial charge in [-0.25, -0.2) is 9.69 Å². The van der Waals surface area contributed by atoms with Crippen LogP contribution in [0.4, 0.5) is 10.5 Å². The third-order valence-corrected chi connectivity index (χ3v) is 5.73. The molecular formula is C27H23ClN2O5. The smallest absolute Gasteiger partial charge is 0.335 e. The van der Waals surface area contributed by atoms with E-state index in [1.807, 2.05) is 25.1 Å². The number of nitrogens with one attached hydrogen (secondary N) is 1. The van der Waals surface area contributed by atoms with E-state index in [4.69, 9.17) is 21.1 Å². The maximum Gasteiger partial charge on any atom is 0.335 e. The summed E-state index contributed by atoms with van der Waals surface area (Å²) in [6, 6.07) is 16.8. The zero-order valence-electron chi connectivity index (χ0n) is 19.4. The van der Waals surface area contributed by atoms with Gasteiger partial charge in [-0.2, -0.15) is 0 Å². The lowest BCUT2D eigenvalue weighted by atomic mass is 10.0. The average molecular weight is 491 g/mol. The molecule has 4 amide bonds. The zero-order chi connectivity index (χ0) is 25.1. The molecule has 178 valence electrons. The van der Waals surface area contributed by atoms with Crippen LogP contribution in [0.5, 0.6) is 11.5 Å². The third-order valence-electron chi connectivity index (χ3n) is 5.50. The van der Waals surface area contributed by atoms with Crippen LogP contribution in [-0.4, -0.2) is 25.0 Å². The Balaban J connectivity index is 1.70. The van der Waals surface area contributed by atoms with Crippen molar-refractivity contribution in [1.29, 1.82) is 0 Å². The van der Waals surface area contributed by atoms with Crippen molar-refractivity contribution in [3.8, 4) is 11.5 Å². The largest absolute Gasteiger partial charge is 0.497 e. The highest BCUT2D eigenvalue weighted by Gasteiger charge is 2.37. The van der Waals surface area contributed by atoms with E-state index in [9.17, 15) is 14.4 Å². The van der Waals surface area contributed by atoms with E-state index in [1.165, 1.54) is 13.2 Å². The summed E-state index contributed by atoms with van der Waals surface area (Å²) >= 11 is 6.06. The van der Waals surface area contributed by atoms with Crippen molar-refractivity contribution in [1.82, 2.24) is 5.32 Å². The van der Waals surface area contributed by atoms with E-state index in [0.29, 0.717) is 27.8 Å². The van der Waals surface area contributed by atoms with E-state index < -0.39 is 17.8 Å².